The van der Waals surface area contributed by atoms with Crippen molar-refractivity contribution in [2.24, 2.45) is 0 Å². The Labute approximate surface area is 131 Å². The van der Waals surface area contributed by atoms with E-state index in [-0.39, 0.29) is 12.5 Å². The lowest BCUT2D eigenvalue weighted by Gasteiger charge is -2.34. The van der Waals surface area contributed by atoms with Crippen LogP contribution in [0.25, 0.3) is 0 Å². The van der Waals surface area contributed by atoms with Crippen LogP contribution in [0.5, 0.6) is 5.75 Å². The number of carbonyl (C=O) groups excluding carboxylic acids is 1. The van der Waals surface area contributed by atoms with Gasteiger partial charge in [-0.3, -0.25) is 4.79 Å². The van der Waals surface area contributed by atoms with Crippen LogP contribution in [0, 0.1) is 3.57 Å². The molecule has 0 bridgehead atoms. The third-order valence-corrected chi connectivity index (χ3v) is 4.60. The van der Waals surface area contributed by atoms with Gasteiger partial charge in [0.25, 0.3) is 5.91 Å². The first-order chi connectivity index (χ1) is 8.74. The number of amides is 1. The predicted molar refractivity (Wildman–Crippen MR) is 84.0 cm³/mol. The van der Waals surface area contributed by atoms with Crippen LogP contribution in [0.1, 0.15) is 24.2 Å². The van der Waals surface area contributed by atoms with Crippen molar-refractivity contribution in [1.29, 1.82) is 0 Å². The Morgan fingerprint density at radius 2 is 2.11 bits per heavy atom. The summed E-state index contributed by atoms with van der Waals surface area (Å²) in [7, 11) is 3.15. The van der Waals surface area contributed by atoms with E-state index in [1.165, 1.54) is 12.0 Å². The van der Waals surface area contributed by atoms with Gasteiger partial charge in [0, 0.05) is 10.6 Å². The first-order valence-corrected chi connectivity index (χ1v) is 7.12. The predicted octanol–water partition coefficient (Wildman–Crippen LogP) is 2.80. The molecule has 1 aromatic rings. The fraction of sp³-hybridized carbons (Fsp3) is 0.462. The highest BCUT2D eigenvalue weighted by atomic mass is 127. The molecule has 0 atom stereocenters. The fourth-order valence-corrected chi connectivity index (χ4v) is 2.03. The van der Waals surface area contributed by atoms with Gasteiger partial charge < -0.3 is 14.7 Å². The number of hydrogen-bond acceptors (Lipinski definition) is 3. The molecule has 0 saturated carbocycles. The molecule has 0 aliphatic carbocycles. The summed E-state index contributed by atoms with van der Waals surface area (Å²) in [6.45, 7) is 3.44. The number of methoxy groups -OCH3 is 1. The van der Waals surface area contributed by atoms with Crippen molar-refractivity contribution >= 4 is 40.1 Å². The number of aliphatic hydroxyl groups is 1. The van der Waals surface area contributed by atoms with Crippen LogP contribution >= 0.6 is 34.2 Å². The van der Waals surface area contributed by atoms with Crippen LogP contribution < -0.4 is 4.74 Å². The maximum atomic E-state index is 12.5. The maximum absolute atomic E-state index is 12.5. The minimum absolute atomic E-state index is 0.129. The standard InChI is InChI=1S/C13H17ClINO3/c1-13(2,7-17)16(3)12(18)8-5-9(14)10(15)6-11(8)19-4/h5-6,17H,7H2,1-4H3. The van der Waals surface area contributed by atoms with Crippen LogP contribution in [0.15, 0.2) is 12.1 Å². The summed E-state index contributed by atoms with van der Waals surface area (Å²) in [5.41, 5.74) is -0.269. The van der Waals surface area contributed by atoms with Gasteiger partial charge in [-0.15, -0.1) is 0 Å². The van der Waals surface area contributed by atoms with E-state index in [1.807, 2.05) is 0 Å². The van der Waals surface area contributed by atoms with Gasteiger partial charge in [-0.1, -0.05) is 11.6 Å². The Hall–Kier alpha value is -0.530. The number of benzene rings is 1. The van der Waals surface area contributed by atoms with Crippen molar-refractivity contribution in [3.05, 3.63) is 26.3 Å². The minimum atomic E-state index is -0.655. The van der Waals surface area contributed by atoms with Gasteiger partial charge in [0.1, 0.15) is 5.75 Å². The SMILES string of the molecule is COc1cc(I)c(Cl)cc1C(=O)N(C)C(C)(C)CO. The molecule has 6 heteroatoms. The van der Waals surface area contributed by atoms with E-state index in [9.17, 15) is 9.90 Å². The Kier molecular flexibility index (Phi) is 5.46. The molecule has 4 nitrogen and oxygen atoms in total. The topological polar surface area (TPSA) is 49.8 Å². The molecular formula is C13H17ClINO3. The van der Waals surface area contributed by atoms with Crippen LogP contribution in [-0.2, 0) is 0 Å². The quantitative estimate of drug-likeness (QED) is 0.795. The van der Waals surface area contributed by atoms with E-state index in [0.29, 0.717) is 16.3 Å². The van der Waals surface area contributed by atoms with Gasteiger partial charge in [0.05, 0.1) is 29.8 Å². The molecule has 1 aromatic carbocycles. The number of hydrogen-bond donors (Lipinski definition) is 1. The summed E-state index contributed by atoms with van der Waals surface area (Å²) in [4.78, 5) is 13.9. The molecule has 0 fully saturated rings. The average molecular weight is 398 g/mol. The summed E-state index contributed by atoms with van der Waals surface area (Å²) in [5.74, 6) is 0.230. The molecule has 1 N–H and O–H groups in total. The summed E-state index contributed by atoms with van der Waals surface area (Å²) >= 11 is 8.13. The summed E-state index contributed by atoms with van der Waals surface area (Å²) in [6, 6.07) is 3.31. The van der Waals surface area contributed by atoms with Gasteiger partial charge in [-0.25, -0.2) is 0 Å². The lowest BCUT2D eigenvalue weighted by atomic mass is 10.0. The lowest BCUT2D eigenvalue weighted by Crippen LogP contribution is -2.47. The number of likely N-dealkylation sites (N-methyl/N-ethyl adjacent to an activating group) is 1. The van der Waals surface area contributed by atoms with E-state index >= 15 is 0 Å². The third-order valence-electron chi connectivity index (χ3n) is 3.07. The number of nitrogens with zero attached hydrogens (tertiary/aromatic N) is 1. The van der Waals surface area contributed by atoms with E-state index in [0.717, 1.165) is 3.57 Å². The number of aliphatic hydroxyl groups excluding tert-OH is 1. The van der Waals surface area contributed by atoms with Crippen LogP contribution in [0.2, 0.25) is 5.02 Å². The normalized spacial score (nSPS) is 11.3. The molecule has 0 aliphatic rings. The number of halogens is 2. The van der Waals surface area contributed by atoms with Crippen molar-refractivity contribution in [3.8, 4) is 5.75 Å². The molecule has 1 rings (SSSR count). The van der Waals surface area contributed by atoms with Crippen molar-refractivity contribution in [3.63, 3.8) is 0 Å². The number of carbonyl (C=O) groups is 1. The summed E-state index contributed by atoms with van der Waals surface area (Å²) < 4.78 is 6.04. The molecule has 0 aliphatic heterocycles. The van der Waals surface area contributed by atoms with Crippen molar-refractivity contribution in [2.75, 3.05) is 20.8 Å². The zero-order valence-corrected chi connectivity index (χ0v) is 14.2. The van der Waals surface area contributed by atoms with Crippen molar-refractivity contribution in [1.82, 2.24) is 4.90 Å². The second kappa shape index (κ2) is 6.28. The highest BCUT2D eigenvalue weighted by Gasteiger charge is 2.29. The fourth-order valence-electron chi connectivity index (χ4n) is 1.43. The summed E-state index contributed by atoms with van der Waals surface area (Å²) in [6.07, 6.45) is 0. The van der Waals surface area contributed by atoms with Crippen LogP contribution in [0.4, 0.5) is 0 Å². The van der Waals surface area contributed by atoms with Crippen LogP contribution in [-0.4, -0.2) is 42.2 Å². The van der Waals surface area contributed by atoms with Gasteiger partial charge >= 0.3 is 0 Å². The van der Waals surface area contributed by atoms with Gasteiger partial charge in [0.15, 0.2) is 0 Å². The first-order valence-electron chi connectivity index (χ1n) is 5.66. The minimum Gasteiger partial charge on any atom is -0.496 e. The zero-order valence-electron chi connectivity index (χ0n) is 11.3. The van der Waals surface area contributed by atoms with Crippen molar-refractivity contribution < 1.29 is 14.6 Å². The maximum Gasteiger partial charge on any atom is 0.257 e. The highest BCUT2D eigenvalue weighted by molar-refractivity contribution is 14.1. The third kappa shape index (κ3) is 3.52. The molecular weight excluding hydrogens is 381 g/mol. The van der Waals surface area contributed by atoms with E-state index in [4.69, 9.17) is 16.3 Å². The Morgan fingerprint density at radius 3 is 2.58 bits per heavy atom. The zero-order chi connectivity index (χ0) is 14.8. The molecule has 1 amide bonds. The molecule has 19 heavy (non-hydrogen) atoms. The molecule has 0 aromatic heterocycles. The van der Waals surface area contributed by atoms with Gasteiger partial charge in [-0.05, 0) is 48.6 Å². The van der Waals surface area contributed by atoms with Gasteiger partial charge in [0.2, 0.25) is 0 Å². The molecule has 0 unspecified atom stereocenters. The van der Waals surface area contributed by atoms with E-state index in [2.05, 4.69) is 22.6 Å². The number of rotatable bonds is 4. The summed E-state index contributed by atoms with van der Waals surface area (Å²) in [5, 5.41) is 9.83. The Balaban J connectivity index is 3.23. The average Bonchev–Trinajstić information content (AvgIpc) is 2.39. The van der Waals surface area contributed by atoms with Crippen LogP contribution in [0.3, 0.4) is 0 Å². The highest BCUT2D eigenvalue weighted by Crippen LogP contribution is 2.30. The van der Waals surface area contributed by atoms with E-state index < -0.39 is 5.54 Å². The molecule has 106 valence electrons. The van der Waals surface area contributed by atoms with Crippen molar-refractivity contribution in [2.45, 2.75) is 19.4 Å². The molecule has 0 radical (unpaired) electrons. The molecule has 0 spiro atoms. The first kappa shape index (κ1) is 16.5. The molecule has 0 heterocycles. The Bertz CT molecular complexity index is 491. The second-order valence-electron chi connectivity index (χ2n) is 4.80. The van der Waals surface area contributed by atoms with Gasteiger partial charge in [-0.2, -0.15) is 0 Å². The second-order valence-corrected chi connectivity index (χ2v) is 6.37. The smallest absolute Gasteiger partial charge is 0.257 e. The number of ether oxygens (including phenoxy) is 1. The van der Waals surface area contributed by atoms with E-state index in [1.54, 1.807) is 33.0 Å². The monoisotopic (exact) mass is 397 g/mol. The Morgan fingerprint density at radius 1 is 1.53 bits per heavy atom. The lowest BCUT2D eigenvalue weighted by molar-refractivity contribution is 0.0470. The largest absolute Gasteiger partial charge is 0.496 e. The molecule has 0 saturated heterocycles.